The first-order valence-electron chi connectivity index (χ1n) is 5.54. The summed E-state index contributed by atoms with van der Waals surface area (Å²) in [6.45, 7) is 6.08. The second kappa shape index (κ2) is 6.42. The van der Waals surface area contributed by atoms with Crippen LogP contribution in [0.5, 0.6) is 0 Å². The van der Waals surface area contributed by atoms with Crippen molar-refractivity contribution in [2.75, 3.05) is 0 Å². The van der Waals surface area contributed by atoms with E-state index in [2.05, 4.69) is 43.8 Å². The Labute approximate surface area is 87.7 Å². The average Bonchev–Trinajstić information content (AvgIpc) is 2.25. The standard InChI is InChI=1S/C14H20/c1-3-5-10-13(9-4-2)14-11-7-6-8-12-14/h4,6-8,11-13H,2-3,5,9-10H2,1H3. The minimum atomic E-state index is 0.675. The van der Waals surface area contributed by atoms with E-state index in [4.69, 9.17) is 0 Å². The third-order valence-corrected chi connectivity index (χ3v) is 2.63. The molecule has 14 heavy (non-hydrogen) atoms. The van der Waals surface area contributed by atoms with Crippen LogP contribution < -0.4 is 0 Å². The van der Waals surface area contributed by atoms with Crippen molar-refractivity contribution in [3.05, 3.63) is 48.6 Å². The lowest BCUT2D eigenvalue weighted by Crippen LogP contribution is -1.97. The molecule has 0 spiro atoms. The molecule has 1 aromatic carbocycles. The van der Waals surface area contributed by atoms with E-state index in [1.54, 1.807) is 0 Å². The fourth-order valence-corrected chi connectivity index (χ4v) is 1.80. The van der Waals surface area contributed by atoms with Crippen molar-refractivity contribution in [3.8, 4) is 0 Å². The van der Waals surface area contributed by atoms with Gasteiger partial charge in [0.25, 0.3) is 0 Å². The van der Waals surface area contributed by atoms with Gasteiger partial charge in [-0.2, -0.15) is 0 Å². The average molecular weight is 188 g/mol. The Kier molecular flexibility index (Phi) is 5.06. The fourth-order valence-electron chi connectivity index (χ4n) is 1.80. The number of unbranched alkanes of at least 4 members (excludes halogenated alkanes) is 1. The quantitative estimate of drug-likeness (QED) is 0.575. The molecule has 0 aliphatic carbocycles. The Bertz CT molecular complexity index is 248. The third-order valence-electron chi connectivity index (χ3n) is 2.63. The highest BCUT2D eigenvalue weighted by Gasteiger charge is 2.07. The van der Waals surface area contributed by atoms with Gasteiger partial charge in [-0.25, -0.2) is 0 Å². The highest BCUT2D eigenvalue weighted by atomic mass is 14.1. The number of allylic oxidation sites excluding steroid dienone is 1. The summed E-state index contributed by atoms with van der Waals surface area (Å²) in [6, 6.07) is 10.8. The molecule has 0 amide bonds. The third kappa shape index (κ3) is 3.37. The van der Waals surface area contributed by atoms with E-state index in [1.165, 1.54) is 24.8 Å². The van der Waals surface area contributed by atoms with E-state index in [0.717, 1.165) is 6.42 Å². The van der Waals surface area contributed by atoms with Crippen molar-refractivity contribution in [1.29, 1.82) is 0 Å². The maximum atomic E-state index is 3.83. The number of hydrogen-bond acceptors (Lipinski definition) is 0. The number of benzene rings is 1. The maximum absolute atomic E-state index is 3.83. The number of hydrogen-bond donors (Lipinski definition) is 0. The van der Waals surface area contributed by atoms with Crippen molar-refractivity contribution < 1.29 is 0 Å². The summed E-state index contributed by atoms with van der Waals surface area (Å²) < 4.78 is 0. The van der Waals surface area contributed by atoms with Crippen LogP contribution in [0.2, 0.25) is 0 Å². The molecular weight excluding hydrogens is 168 g/mol. The van der Waals surface area contributed by atoms with Crippen LogP contribution in [0.1, 0.15) is 44.1 Å². The smallest absolute Gasteiger partial charge is 0.0127 e. The van der Waals surface area contributed by atoms with Gasteiger partial charge < -0.3 is 0 Å². The zero-order valence-corrected chi connectivity index (χ0v) is 9.08. The monoisotopic (exact) mass is 188 g/mol. The molecule has 0 bridgehead atoms. The van der Waals surface area contributed by atoms with E-state index in [-0.39, 0.29) is 0 Å². The first kappa shape index (κ1) is 11.0. The second-order valence-corrected chi connectivity index (χ2v) is 3.77. The molecule has 0 saturated heterocycles. The summed E-state index contributed by atoms with van der Waals surface area (Å²) in [6.07, 6.45) is 7.01. The summed E-state index contributed by atoms with van der Waals surface area (Å²) in [5.74, 6) is 0.675. The van der Waals surface area contributed by atoms with Gasteiger partial charge in [-0.15, -0.1) is 6.58 Å². The molecule has 1 rings (SSSR count). The van der Waals surface area contributed by atoms with Crippen molar-refractivity contribution in [2.45, 2.75) is 38.5 Å². The first-order chi connectivity index (χ1) is 6.88. The summed E-state index contributed by atoms with van der Waals surface area (Å²) >= 11 is 0. The molecule has 0 N–H and O–H groups in total. The highest BCUT2D eigenvalue weighted by molar-refractivity contribution is 5.20. The molecule has 0 heterocycles. The lowest BCUT2D eigenvalue weighted by Gasteiger charge is -2.14. The van der Waals surface area contributed by atoms with Crippen LogP contribution in [0, 0.1) is 0 Å². The Morgan fingerprint density at radius 2 is 2.00 bits per heavy atom. The zero-order valence-electron chi connectivity index (χ0n) is 9.08. The SMILES string of the molecule is C=CCC(CCCC)c1ccccc1. The Balaban J connectivity index is 2.62. The van der Waals surface area contributed by atoms with Crippen LogP contribution in [0.25, 0.3) is 0 Å². The van der Waals surface area contributed by atoms with Crippen molar-refractivity contribution in [3.63, 3.8) is 0 Å². The normalized spacial score (nSPS) is 12.4. The molecule has 0 aromatic heterocycles. The molecule has 76 valence electrons. The Morgan fingerprint density at radius 1 is 1.29 bits per heavy atom. The minimum absolute atomic E-state index is 0.675. The summed E-state index contributed by atoms with van der Waals surface area (Å²) in [4.78, 5) is 0. The molecule has 0 aliphatic rings. The Hall–Kier alpha value is -1.04. The maximum Gasteiger partial charge on any atom is -0.0127 e. The van der Waals surface area contributed by atoms with E-state index in [9.17, 15) is 0 Å². The van der Waals surface area contributed by atoms with Gasteiger partial charge >= 0.3 is 0 Å². The zero-order chi connectivity index (χ0) is 10.2. The highest BCUT2D eigenvalue weighted by Crippen LogP contribution is 2.25. The number of rotatable bonds is 6. The second-order valence-electron chi connectivity index (χ2n) is 3.77. The minimum Gasteiger partial charge on any atom is -0.103 e. The van der Waals surface area contributed by atoms with E-state index < -0.39 is 0 Å². The van der Waals surface area contributed by atoms with Crippen LogP contribution in [0.3, 0.4) is 0 Å². The Morgan fingerprint density at radius 3 is 2.57 bits per heavy atom. The van der Waals surface area contributed by atoms with Gasteiger partial charge in [0.2, 0.25) is 0 Å². The molecule has 0 heteroatoms. The largest absolute Gasteiger partial charge is 0.103 e. The van der Waals surface area contributed by atoms with Gasteiger partial charge in [-0.1, -0.05) is 56.2 Å². The molecule has 1 unspecified atom stereocenters. The molecule has 0 aliphatic heterocycles. The van der Waals surface area contributed by atoms with Crippen LogP contribution in [0.15, 0.2) is 43.0 Å². The molecule has 0 nitrogen and oxygen atoms in total. The molecule has 0 radical (unpaired) electrons. The van der Waals surface area contributed by atoms with Crippen molar-refractivity contribution in [2.24, 2.45) is 0 Å². The molecule has 0 fully saturated rings. The van der Waals surface area contributed by atoms with Crippen LogP contribution in [0.4, 0.5) is 0 Å². The summed E-state index contributed by atoms with van der Waals surface area (Å²) in [5, 5.41) is 0. The van der Waals surface area contributed by atoms with Crippen LogP contribution >= 0.6 is 0 Å². The fraction of sp³-hybridized carbons (Fsp3) is 0.429. The van der Waals surface area contributed by atoms with Gasteiger partial charge in [-0.05, 0) is 24.3 Å². The summed E-state index contributed by atoms with van der Waals surface area (Å²) in [7, 11) is 0. The lowest BCUT2D eigenvalue weighted by molar-refractivity contribution is 0.590. The van der Waals surface area contributed by atoms with Gasteiger partial charge in [0.15, 0.2) is 0 Å². The molecule has 0 saturated carbocycles. The van der Waals surface area contributed by atoms with Gasteiger partial charge in [-0.3, -0.25) is 0 Å². The van der Waals surface area contributed by atoms with Gasteiger partial charge in [0.05, 0.1) is 0 Å². The van der Waals surface area contributed by atoms with Gasteiger partial charge in [0, 0.05) is 0 Å². The van der Waals surface area contributed by atoms with Crippen LogP contribution in [-0.2, 0) is 0 Å². The van der Waals surface area contributed by atoms with Crippen molar-refractivity contribution in [1.82, 2.24) is 0 Å². The van der Waals surface area contributed by atoms with E-state index >= 15 is 0 Å². The topological polar surface area (TPSA) is 0 Å². The van der Waals surface area contributed by atoms with E-state index in [0.29, 0.717) is 5.92 Å². The predicted molar refractivity (Wildman–Crippen MR) is 63.5 cm³/mol. The van der Waals surface area contributed by atoms with Crippen LogP contribution in [-0.4, -0.2) is 0 Å². The predicted octanol–water partition coefficient (Wildman–Crippen LogP) is 4.54. The van der Waals surface area contributed by atoms with Gasteiger partial charge in [0.1, 0.15) is 0 Å². The van der Waals surface area contributed by atoms with E-state index in [1.807, 2.05) is 6.08 Å². The lowest BCUT2D eigenvalue weighted by atomic mass is 9.91. The molecule has 1 atom stereocenters. The van der Waals surface area contributed by atoms with Crippen molar-refractivity contribution >= 4 is 0 Å². The summed E-state index contributed by atoms with van der Waals surface area (Å²) in [5.41, 5.74) is 1.46. The first-order valence-corrected chi connectivity index (χ1v) is 5.54. The molecular formula is C14H20. The molecule has 1 aromatic rings.